The van der Waals surface area contributed by atoms with Gasteiger partial charge in [-0.05, 0) is 6.42 Å². The number of anilines is 1. The van der Waals surface area contributed by atoms with Crippen LogP contribution in [-0.4, -0.2) is 55.4 Å². The number of hydrogen-bond donors (Lipinski definition) is 1. The summed E-state index contributed by atoms with van der Waals surface area (Å²) in [6.45, 7) is 5.34. The van der Waals surface area contributed by atoms with Gasteiger partial charge in [0.15, 0.2) is 0 Å². The molecule has 1 aliphatic heterocycles. The normalized spacial score (nSPS) is 14.7. The summed E-state index contributed by atoms with van der Waals surface area (Å²) in [5.74, 6) is 0.324. The number of amides is 1. The molecule has 0 spiro atoms. The van der Waals surface area contributed by atoms with Crippen LogP contribution in [-0.2, 0) is 27.4 Å². The standard InChI is InChI=1S/C16H26N4O4/c1-3-4-5-17-14(21)11-20-15(22)10-13(12-23-2)18-16(20)19-6-8-24-9-7-19/h10H,3-9,11-12H2,1-2H3,(H,17,21). The first-order valence-electron chi connectivity index (χ1n) is 8.34. The van der Waals surface area contributed by atoms with Crippen molar-refractivity contribution in [2.75, 3.05) is 44.9 Å². The number of carbonyl (C=O) groups is 1. The molecule has 0 saturated carbocycles. The van der Waals surface area contributed by atoms with Crippen molar-refractivity contribution in [1.82, 2.24) is 14.9 Å². The maximum Gasteiger partial charge on any atom is 0.255 e. The first-order valence-corrected chi connectivity index (χ1v) is 8.34. The highest BCUT2D eigenvalue weighted by atomic mass is 16.5. The molecule has 8 nitrogen and oxygen atoms in total. The Balaban J connectivity index is 2.23. The fraction of sp³-hybridized carbons (Fsp3) is 0.688. The summed E-state index contributed by atoms with van der Waals surface area (Å²) >= 11 is 0. The van der Waals surface area contributed by atoms with Crippen LogP contribution >= 0.6 is 0 Å². The molecule has 1 saturated heterocycles. The Morgan fingerprint density at radius 3 is 2.83 bits per heavy atom. The smallest absolute Gasteiger partial charge is 0.255 e. The molecule has 0 unspecified atom stereocenters. The number of nitrogens with one attached hydrogen (secondary N) is 1. The molecule has 2 rings (SSSR count). The molecular weight excluding hydrogens is 312 g/mol. The first-order chi connectivity index (χ1) is 11.7. The van der Waals surface area contributed by atoms with Gasteiger partial charge in [-0.15, -0.1) is 0 Å². The van der Waals surface area contributed by atoms with Gasteiger partial charge in [-0.25, -0.2) is 4.98 Å². The number of ether oxygens (including phenoxy) is 2. The van der Waals surface area contributed by atoms with E-state index < -0.39 is 0 Å². The van der Waals surface area contributed by atoms with Gasteiger partial charge in [0.1, 0.15) is 6.54 Å². The van der Waals surface area contributed by atoms with Gasteiger partial charge in [0.2, 0.25) is 11.9 Å². The average Bonchev–Trinajstić information content (AvgIpc) is 2.58. The molecule has 0 aliphatic carbocycles. The minimum Gasteiger partial charge on any atom is -0.378 e. The van der Waals surface area contributed by atoms with Crippen molar-refractivity contribution in [3.05, 3.63) is 22.1 Å². The summed E-state index contributed by atoms with van der Waals surface area (Å²) in [6.07, 6.45) is 1.93. The molecule has 24 heavy (non-hydrogen) atoms. The van der Waals surface area contributed by atoms with Gasteiger partial charge in [-0.3, -0.25) is 14.2 Å². The SMILES string of the molecule is CCCCNC(=O)Cn1c(N2CCOCC2)nc(COC)cc1=O. The molecule has 1 aromatic heterocycles. The Labute approximate surface area is 141 Å². The number of aromatic nitrogens is 2. The third-order valence-electron chi connectivity index (χ3n) is 3.78. The zero-order chi connectivity index (χ0) is 17.4. The molecule has 8 heteroatoms. The van der Waals surface area contributed by atoms with Crippen molar-refractivity contribution < 1.29 is 14.3 Å². The molecule has 2 heterocycles. The fourth-order valence-electron chi connectivity index (χ4n) is 2.52. The van der Waals surface area contributed by atoms with E-state index in [1.54, 1.807) is 7.11 Å². The Morgan fingerprint density at radius 2 is 2.17 bits per heavy atom. The highest BCUT2D eigenvalue weighted by Gasteiger charge is 2.20. The molecule has 134 valence electrons. The quantitative estimate of drug-likeness (QED) is 0.679. The van der Waals surface area contributed by atoms with Gasteiger partial charge in [0, 0.05) is 32.8 Å². The van der Waals surface area contributed by atoms with Crippen molar-refractivity contribution in [1.29, 1.82) is 0 Å². The van der Waals surface area contributed by atoms with E-state index in [-0.39, 0.29) is 24.6 Å². The van der Waals surface area contributed by atoms with Crippen LogP contribution in [0.5, 0.6) is 0 Å². The maximum absolute atomic E-state index is 12.5. The van der Waals surface area contributed by atoms with Gasteiger partial charge in [-0.1, -0.05) is 13.3 Å². The maximum atomic E-state index is 12.5. The number of morpholine rings is 1. The molecular formula is C16H26N4O4. The molecule has 1 aromatic rings. The number of carbonyl (C=O) groups excluding carboxylic acids is 1. The molecule has 1 aliphatic rings. The number of rotatable bonds is 8. The van der Waals surface area contributed by atoms with Crippen LogP contribution in [0.3, 0.4) is 0 Å². The number of unbranched alkanes of at least 4 members (excludes halogenated alkanes) is 1. The first kappa shape index (κ1) is 18.4. The van der Waals surface area contributed by atoms with Crippen LogP contribution in [0.1, 0.15) is 25.5 Å². The lowest BCUT2D eigenvalue weighted by Gasteiger charge is -2.29. The number of methoxy groups -OCH3 is 1. The fourth-order valence-corrected chi connectivity index (χ4v) is 2.52. The Hall–Kier alpha value is -1.93. The molecule has 0 aromatic carbocycles. The molecule has 0 atom stereocenters. The second kappa shape index (κ2) is 9.39. The zero-order valence-corrected chi connectivity index (χ0v) is 14.4. The van der Waals surface area contributed by atoms with Crippen LogP contribution in [0.15, 0.2) is 10.9 Å². The van der Waals surface area contributed by atoms with Crippen LogP contribution < -0.4 is 15.8 Å². The average molecular weight is 338 g/mol. The van der Waals surface area contributed by atoms with E-state index in [4.69, 9.17) is 9.47 Å². The van der Waals surface area contributed by atoms with Crippen LogP contribution in [0.4, 0.5) is 5.95 Å². The Kier molecular flexibility index (Phi) is 7.20. The van der Waals surface area contributed by atoms with Crippen LogP contribution in [0, 0.1) is 0 Å². The predicted molar refractivity (Wildman–Crippen MR) is 90.2 cm³/mol. The monoisotopic (exact) mass is 338 g/mol. The van der Waals surface area contributed by atoms with Gasteiger partial charge in [0.25, 0.3) is 5.56 Å². The summed E-state index contributed by atoms with van der Waals surface area (Å²) < 4.78 is 11.9. The van der Waals surface area contributed by atoms with Crippen molar-refractivity contribution in [3.63, 3.8) is 0 Å². The number of nitrogens with zero attached hydrogens (tertiary/aromatic N) is 3. The second-order valence-electron chi connectivity index (χ2n) is 5.71. The molecule has 1 N–H and O–H groups in total. The summed E-state index contributed by atoms with van der Waals surface area (Å²) in [6, 6.07) is 1.42. The Morgan fingerprint density at radius 1 is 1.42 bits per heavy atom. The van der Waals surface area contributed by atoms with Crippen molar-refractivity contribution in [2.45, 2.75) is 32.9 Å². The number of hydrogen-bond acceptors (Lipinski definition) is 6. The molecule has 1 fully saturated rings. The third kappa shape index (κ3) is 5.04. The van der Waals surface area contributed by atoms with Crippen molar-refractivity contribution >= 4 is 11.9 Å². The van der Waals surface area contributed by atoms with E-state index in [1.807, 2.05) is 4.90 Å². The minimum atomic E-state index is -0.246. The van der Waals surface area contributed by atoms with Crippen molar-refractivity contribution in [3.8, 4) is 0 Å². The molecule has 0 radical (unpaired) electrons. The summed E-state index contributed by atoms with van der Waals surface area (Å²) in [7, 11) is 1.56. The van der Waals surface area contributed by atoms with Gasteiger partial charge >= 0.3 is 0 Å². The molecule has 0 bridgehead atoms. The second-order valence-corrected chi connectivity index (χ2v) is 5.71. The lowest BCUT2D eigenvalue weighted by Crippen LogP contribution is -2.42. The minimum absolute atomic E-state index is 0.0322. The topological polar surface area (TPSA) is 85.7 Å². The van der Waals surface area contributed by atoms with E-state index in [2.05, 4.69) is 17.2 Å². The largest absolute Gasteiger partial charge is 0.378 e. The summed E-state index contributed by atoms with van der Waals surface area (Å²) in [4.78, 5) is 31.1. The highest BCUT2D eigenvalue weighted by Crippen LogP contribution is 2.12. The highest BCUT2D eigenvalue weighted by molar-refractivity contribution is 5.76. The van der Waals surface area contributed by atoms with E-state index >= 15 is 0 Å². The third-order valence-corrected chi connectivity index (χ3v) is 3.78. The van der Waals surface area contributed by atoms with Gasteiger partial charge in [-0.2, -0.15) is 0 Å². The van der Waals surface area contributed by atoms with Crippen molar-refractivity contribution in [2.24, 2.45) is 0 Å². The van der Waals surface area contributed by atoms with E-state index in [1.165, 1.54) is 10.6 Å². The van der Waals surface area contributed by atoms with Gasteiger partial charge < -0.3 is 19.7 Å². The zero-order valence-electron chi connectivity index (χ0n) is 14.4. The lowest BCUT2D eigenvalue weighted by molar-refractivity contribution is -0.121. The van der Waals surface area contributed by atoms with Crippen LogP contribution in [0.2, 0.25) is 0 Å². The Bertz CT molecular complexity index is 596. The van der Waals surface area contributed by atoms with E-state index in [9.17, 15) is 9.59 Å². The van der Waals surface area contributed by atoms with Gasteiger partial charge in [0.05, 0.1) is 25.5 Å². The van der Waals surface area contributed by atoms with E-state index in [0.29, 0.717) is 44.5 Å². The predicted octanol–water partition coefficient (Wildman–Crippen LogP) is 0.143. The van der Waals surface area contributed by atoms with Crippen LogP contribution in [0.25, 0.3) is 0 Å². The molecule has 1 amide bonds. The summed E-state index contributed by atoms with van der Waals surface area (Å²) in [5.41, 5.74) is 0.316. The summed E-state index contributed by atoms with van der Waals surface area (Å²) in [5, 5.41) is 2.83. The lowest BCUT2D eigenvalue weighted by atomic mass is 10.3. The van der Waals surface area contributed by atoms with E-state index in [0.717, 1.165) is 12.8 Å².